The number of nitrogens with one attached hydrogen (secondary N) is 2. The van der Waals surface area contributed by atoms with Crippen LogP contribution in [0, 0.1) is 11.6 Å². The highest BCUT2D eigenvalue weighted by atomic mass is 19.2. The lowest BCUT2D eigenvalue weighted by Crippen LogP contribution is -2.46. The van der Waals surface area contributed by atoms with E-state index in [0.29, 0.717) is 5.56 Å². The third kappa shape index (κ3) is 4.14. The number of hydrogen-bond donors (Lipinski definition) is 2. The SMILES string of the molecule is C[C@H](NC(=O)N[C@H](C)c1ccc(F)c(F)c1)[C@@H]1CCCO1. The molecule has 1 heterocycles. The van der Waals surface area contributed by atoms with Gasteiger partial charge in [-0.2, -0.15) is 0 Å². The summed E-state index contributed by atoms with van der Waals surface area (Å²) in [6.07, 6.45) is 1.97. The summed E-state index contributed by atoms with van der Waals surface area (Å²) in [6, 6.07) is 2.73. The maximum atomic E-state index is 13.2. The van der Waals surface area contributed by atoms with Crippen LogP contribution >= 0.6 is 0 Å². The van der Waals surface area contributed by atoms with Crippen molar-refractivity contribution in [1.82, 2.24) is 10.6 Å². The van der Waals surface area contributed by atoms with E-state index in [-0.39, 0.29) is 18.2 Å². The third-order valence-electron chi connectivity index (χ3n) is 3.67. The topological polar surface area (TPSA) is 50.4 Å². The molecule has 6 heteroatoms. The fraction of sp³-hybridized carbons (Fsp3) is 0.533. The van der Waals surface area contributed by atoms with Gasteiger partial charge in [-0.25, -0.2) is 13.6 Å². The number of amides is 2. The first-order valence-corrected chi connectivity index (χ1v) is 7.11. The molecular weight excluding hydrogens is 278 g/mol. The summed E-state index contributed by atoms with van der Waals surface area (Å²) >= 11 is 0. The Kier molecular flexibility index (Phi) is 5.12. The first-order chi connectivity index (χ1) is 9.97. The lowest BCUT2D eigenvalue weighted by Gasteiger charge is -2.22. The van der Waals surface area contributed by atoms with Gasteiger partial charge in [-0.05, 0) is 44.4 Å². The molecule has 1 fully saturated rings. The zero-order chi connectivity index (χ0) is 15.4. The second kappa shape index (κ2) is 6.85. The standard InChI is InChI=1S/C15H20F2N2O2/c1-9(11-5-6-12(16)13(17)8-11)18-15(20)19-10(2)14-4-3-7-21-14/h5-6,8-10,14H,3-4,7H2,1-2H3,(H2,18,19,20)/t9-,10+,14+/m1/s1. The van der Waals surface area contributed by atoms with Crippen molar-refractivity contribution in [3.63, 3.8) is 0 Å². The molecule has 0 aromatic heterocycles. The van der Waals surface area contributed by atoms with Crippen molar-refractivity contribution in [3.8, 4) is 0 Å². The Labute approximate surface area is 122 Å². The van der Waals surface area contributed by atoms with E-state index < -0.39 is 17.7 Å². The summed E-state index contributed by atoms with van der Waals surface area (Å²) in [5, 5.41) is 5.51. The smallest absolute Gasteiger partial charge is 0.315 e. The number of urea groups is 1. The van der Waals surface area contributed by atoms with Crippen molar-refractivity contribution in [2.24, 2.45) is 0 Å². The molecule has 21 heavy (non-hydrogen) atoms. The molecule has 2 N–H and O–H groups in total. The number of rotatable bonds is 4. The lowest BCUT2D eigenvalue weighted by atomic mass is 10.1. The van der Waals surface area contributed by atoms with E-state index >= 15 is 0 Å². The molecule has 1 aliphatic rings. The van der Waals surface area contributed by atoms with Gasteiger partial charge in [0.2, 0.25) is 0 Å². The number of ether oxygens (including phenoxy) is 1. The van der Waals surface area contributed by atoms with Crippen molar-refractivity contribution < 1.29 is 18.3 Å². The molecule has 116 valence electrons. The Hall–Kier alpha value is -1.69. The van der Waals surface area contributed by atoms with Crippen molar-refractivity contribution in [1.29, 1.82) is 0 Å². The summed E-state index contributed by atoms with van der Waals surface area (Å²) in [6.45, 7) is 4.32. The minimum absolute atomic E-state index is 0.0364. The van der Waals surface area contributed by atoms with Gasteiger partial charge in [0.15, 0.2) is 11.6 Å². The number of carbonyl (C=O) groups is 1. The van der Waals surface area contributed by atoms with Crippen LogP contribution in [0.1, 0.15) is 38.3 Å². The highest BCUT2D eigenvalue weighted by molar-refractivity contribution is 5.74. The van der Waals surface area contributed by atoms with Crippen molar-refractivity contribution in [2.75, 3.05) is 6.61 Å². The number of hydrogen-bond acceptors (Lipinski definition) is 2. The van der Waals surface area contributed by atoms with Crippen molar-refractivity contribution in [2.45, 2.75) is 44.9 Å². The van der Waals surface area contributed by atoms with Crippen LogP contribution < -0.4 is 10.6 Å². The van der Waals surface area contributed by atoms with Crippen LogP contribution in [0.4, 0.5) is 13.6 Å². The number of halogens is 2. The van der Waals surface area contributed by atoms with Gasteiger partial charge in [-0.1, -0.05) is 6.07 Å². The molecule has 4 nitrogen and oxygen atoms in total. The first kappa shape index (κ1) is 15.7. The average molecular weight is 298 g/mol. The second-order valence-corrected chi connectivity index (χ2v) is 5.35. The Morgan fingerprint density at radius 3 is 2.67 bits per heavy atom. The van der Waals surface area contributed by atoms with Gasteiger partial charge in [0.25, 0.3) is 0 Å². The summed E-state index contributed by atoms with van der Waals surface area (Å²) in [4.78, 5) is 11.9. The molecule has 1 saturated heterocycles. The highest BCUT2D eigenvalue weighted by Crippen LogP contribution is 2.17. The summed E-state index contributed by atoms with van der Waals surface area (Å²) in [7, 11) is 0. The van der Waals surface area contributed by atoms with Gasteiger partial charge in [-0.15, -0.1) is 0 Å². The van der Waals surface area contributed by atoms with Gasteiger partial charge < -0.3 is 15.4 Å². The Morgan fingerprint density at radius 2 is 2.05 bits per heavy atom. The Bertz CT molecular complexity index is 504. The van der Waals surface area contributed by atoms with Crippen LogP contribution in [-0.2, 0) is 4.74 Å². The predicted octanol–water partition coefficient (Wildman–Crippen LogP) is 2.89. The largest absolute Gasteiger partial charge is 0.376 e. The summed E-state index contributed by atoms with van der Waals surface area (Å²) in [5.74, 6) is -1.82. The maximum absolute atomic E-state index is 13.2. The number of carbonyl (C=O) groups excluding carboxylic acids is 1. The van der Waals surface area contributed by atoms with Crippen LogP contribution in [0.5, 0.6) is 0 Å². The fourth-order valence-corrected chi connectivity index (χ4v) is 2.40. The van der Waals surface area contributed by atoms with Crippen LogP contribution in [-0.4, -0.2) is 24.8 Å². The van der Waals surface area contributed by atoms with E-state index in [1.807, 2.05) is 6.92 Å². The molecule has 0 radical (unpaired) electrons. The normalized spacial score (nSPS) is 20.9. The third-order valence-corrected chi connectivity index (χ3v) is 3.67. The number of benzene rings is 1. The zero-order valence-corrected chi connectivity index (χ0v) is 12.2. The monoisotopic (exact) mass is 298 g/mol. The maximum Gasteiger partial charge on any atom is 0.315 e. The van der Waals surface area contributed by atoms with Crippen LogP contribution in [0.3, 0.4) is 0 Å². The molecule has 0 saturated carbocycles. The van der Waals surface area contributed by atoms with Gasteiger partial charge >= 0.3 is 6.03 Å². The van der Waals surface area contributed by atoms with E-state index in [2.05, 4.69) is 10.6 Å². The molecule has 0 aliphatic carbocycles. The summed E-state index contributed by atoms with van der Waals surface area (Å²) < 4.78 is 31.6. The molecule has 1 aliphatic heterocycles. The van der Waals surface area contributed by atoms with Gasteiger partial charge in [0.1, 0.15) is 0 Å². The van der Waals surface area contributed by atoms with Gasteiger partial charge in [-0.3, -0.25) is 0 Å². The first-order valence-electron chi connectivity index (χ1n) is 7.11. The van der Waals surface area contributed by atoms with E-state index in [4.69, 9.17) is 4.74 Å². The second-order valence-electron chi connectivity index (χ2n) is 5.35. The summed E-state index contributed by atoms with van der Waals surface area (Å²) in [5.41, 5.74) is 0.508. The fourth-order valence-electron chi connectivity index (χ4n) is 2.40. The molecule has 0 unspecified atom stereocenters. The van der Waals surface area contributed by atoms with Gasteiger partial charge in [0.05, 0.1) is 18.2 Å². The lowest BCUT2D eigenvalue weighted by molar-refractivity contribution is 0.0859. The molecule has 2 rings (SSSR count). The highest BCUT2D eigenvalue weighted by Gasteiger charge is 2.24. The minimum atomic E-state index is -0.922. The van der Waals surface area contributed by atoms with E-state index in [0.717, 1.165) is 31.6 Å². The Balaban J connectivity index is 1.87. The predicted molar refractivity (Wildman–Crippen MR) is 74.9 cm³/mol. The van der Waals surface area contributed by atoms with Gasteiger partial charge in [0, 0.05) is 6.61 Å². The molecule has 1 aromatic rings. The van der Waals surface area contributed by atoms with Crippen molar-refractivity contribution >= 4 is 6.03 Å². The van der Waals surface area contributed by atoms with Crippen LogP contribution in [0.25, 0.3) is 0 Å². The quantitative estimate of drug-likeness (QED) is 0.898. The average Bonchev–Trinajstić information content (AvgIpc) is 2.95. The molecule has 0 bridgehead atoms. The zero-order valence-electron chi connectivity index (χ0n) is 12.2. The molecule has 2 amide bonds. The van der Waals surface area contributed by atoms with Crippen LogP contribution in [0.2, 0.25) is 0 Å². The van der Waals surface area contributed by atoms with Crippen molar-refractivity contribution in [3.05, 3.63) is 35.4 Å². The molecule has 3 atom stereocenters. The van der Waals surface area contributed by atoms with Crippen LogP contribution in [0.15, 0.2) is 18.2 Å². The van der Waals surface area contributed by atoms with E-state index in [1.165, 1.54) is 6.07 Å². The molecule has 1 aromatic carbocycles. The molecular formula is C15H20F2N2O2. The van der Waals surface area contributed by atoms with E-state index in [9.17, 15) is 13.6 Å². The minimum Gasteiger partial charge on any atom is -0.376 e. The molecule has 0 spiro atoms. The van der Waals surface area contributed by atoms with E-state index in [1.54, 1.807) is 6.92 Å². The Morgan fingerprint density at radius 1 is 1.29 bits per heavy atom.